The molecule has 0 saturated carbocycles. The molecular weight excluding hydrogens is 319 g/mol. The quantitative estimate of drug-likeness (QED) is 0.839. The molecule has 0 aliphatic heterocycles. The van der Waals surface area contributed by atoms with E-state index in [9.17, 15) is 23.1 Å². The second kappa shape index (κ2) is 5.12. The van der Waals surface area contributed by atoms with Gasteiger partial charge in [0.15, 0.2) is 0 Å². The predicted octanol–water partition coefficient (Wildman–Crippen LogP) is 4.48. The number of carboxylic acids is 1. The molecule has 1 N–H and O–H groups in total. The van der Waals surface area contributed by atoms with Crippen molar-refractivity contribution in [1.29, 1.82) is 0 Å². The highest BCUT2D eigenvalue weighted by molar-refractivity contribution is 6.36. The van der Waals surface area contributed by atoms with E-state index >= 15 is 0 Å². The highest BCUT2D eigenvalue weighted by Gasteiger charge is 2.38. The summed E-state index contributed by atoms with van der Waals surface area (Å²) in [4.78, 5) is 14.9. The van der Waals surface area contributed by atoms with Crippen molar-refractivity contribution in [2.45, 2.75) is 31.9 Å². The van der Waals surface area contributed by atoms with Crippen LogP contribution >= 0.6 is 11.6 Å². The van der Waals surface area contributed by atoms with Crippen LogP contribution in [0.25, 0.3) is 10.9 Å². The first-order valence-corrected chi connectivity index (χ1v) is 7.13. The van der Waals surface area contributed by atoms with E-state index in [0.29, 0.717) is 23.8 Å². The van der Waals surface area contributed by atoms with Crippen molar-refractivity contribution < 1.29 is 23.1 Å². The van der Waals surface area contributed by atoms with E-state index in [4.69, 9.17) is 11.6 Å². The molecule has 0 saturated heterocycles. The number of fused-ring (bicyclic) bond motifs is 3. The van der Waals surface area contributed by atoms with E-state index in [-0.39, 0.29) is 28.1 Å². The number of rotatable bonds is 1. The van der Waals surface area contributed by atoms with Crippen LogP contribution in [0.5, 0.6) is 0 Å². The third kappa shape index (κ3) is 2.31. The van der Waals surface area contributed by atoms with Crippen LogP contribution in [0, 0.1) is 0 Å². The second-order valence-electron chi connectivity index (χ2n) is 5.25. The summed E-state index contributed by atoms with van der Waals surface area (Å²) in [5.74, 6) is -1.32. The molecule has 0 atom stereocenters. The van der Waals surface area contributed by atoms with Gasteiger partial charge in [0.2, 0.25) is 0 Å². The van der Waals surface area contributed by atoms with E-state index < -0.39 is 17.8 Å². The van der Waals surface area contributed by atoms with Gasteiger partial charge in [-0.2, -0.15) is 13.2 Å². The van der Waals surface area contributed by atoms with Crippen LogP contribution in [0.4, 0.5) is 13.2 Å². The number of carbonyl (C=O) groups is 1. The van der Waals surface area contributed by atoms with Crippen LogP contribution in [0.15, 0.2) is 12.1 Å². The number of aryl methyl sites for hydroxylation is 1. The average Bonchev–Trinajstić information content (AvgIpc) is 2.45. The lowest BCUT2D eigenvalue weighted by atomic mass is 9.87. The van der Waals surface area contributed by atoms with E-state index in [1.54, 1.807) is 0 Å². The first kappa shape index (κ1) is 15.1. The molecule has 3 rings (SSSR count). The van der Waals surface area contributed by atoms with Crippen LogP contribution in [0.2, 0.25) is 5.02 Å². The maximum atomic E-state index is 13.3. The lowest BCUT2D eigenvalue weighted by Crippen LogP contribution is -2.18. The molecule has 0 unspecified atom stereocenters. The zero-order valence-electron chi connectivity index (χ0n) is 11.3. The Kier molecular flexibility index (Phi) is 3.51. The Bertz CT molecular complexity index is 787. The van der Waals surface area contributed by atoms with E-state index in [1.165, 1.54) is 12.1 Å². The molecule has 1 aromatic carbocycles. The molecule has 2 aromatic rings. The topological polar surface area (TPSA) is 50.2 Å². The number of pyridine rings is 1. The van der Waals surface area contributed by atoms with E-state index in [2.05, 4.69) is 4.98 Å². The maximum Gasteiger partial charge on any atom is 0.433 e. The average molecular weight is 330 g/mol. The summed E-state index contributed by atoms with van der Waals surface area (Å²) in [6, 6.07) is 2.59. The van der Waals surface area contributed by atoms with Crippen molar-refractivity contribution in [3.63, 3.8) is 0 Å². The molecule has 3 nitrogen and oxygen atoms in total. The maximum absolute atomic E-state index is 13.3. The number of nitrogens with zero attached hydrogens (tertiary/aromatic N) is 1. The fraction of sp³-hybridized carbons (Fsp3) is 0.333. The molecule has 1 aromatic heterocycles. The zero-order valence-corrected chi connectivity index (χ0v) is 12.1. The highest BCUT2D eigenvalue weighted by Crippen LogP contribution is 2.40. The molecular formula is C15H11ClF3NO2. The van der Waals surface area contributed by atoms with Gasteiger partial charge in [0, 0.05) is 5.39 Å². The largest absolute Gasteiger partial charge is 0.478 e. The Balaban J connectivity index is 2.49. The zero-order chi connectivity index (χ0) is 16.1. The van der Waals surface area contributed by atoms with Gasteiger partial charge in [-0.25, -0.2) is 9.78 Å². The molecule has 7 heteroatoms. The number of benzene rings is 1. The number of aromatic nitrogens is 1. The first-order chi connectivity index (χ1) is 10.3. The molecule has 1 heterocycles. The third-order valence-electron chi connectivity index (χ3n) is 3.91. The molecule has 0 amide bonds. The molecule has 1 aliphatic carbocycles. The standard InChI is InChI=1S/C15H11ClF3NO2/c16-10-6-5-9(14(21)22)12-11(10)7-3-1-2-4-8(7)13(20-12)15(17,18)19/h5-6H,1-4H2,(H,21,22). The van der Waals surface area contributed by atoms with Crippen molar-refractivity contribution in [3.05, 3.63) is 39.5 Å². The summed E-state index contributed by atoms with van der Waals surface area (Å²) in [7, 11) is 0. The number of carboxylic acid groups (broad SMARTS) is 1. The third-order valence-corrected chi connectivity index (χ3v) is 4.22. The number of aromatic carboxylic acids is 1. The Labute approximate surface area is 128 Å². The molecule has 0 spiro atoms. The van der Waals surface area contributed by atoms with Gasteiger partial charge in [-0.1, -0.05) is 11.6 Å². The predicted molar refractivity (Wildman–Crippen MR) is 75.4 cm³/mol. The summed E-state index contributed by atoms with van der Waals surface area (Å²) < 4.78 is 39.9. The minimum atomic E-state index is -4.62. The van der Waals surface area contributed by atoms with Gasteiger partial charge in [0.05, 0.1) is 16.1 Å². The smallest absolute Gasteiger partial charge is 0.433 e. The minimum absolute atomic E-state index is 0.149. The van der Waals surface area contributed by atoms with Crippen molar-refractivity contribution in [1.82, 2.24) is 4.98 Å². The molecule has 0 radical (unpaired) electrons. The lowest BCUT2D eigenvalue weighted by Gasteiger charge is -2.23. The second-order valence-corrected chi connectivity index (χ2v) is 5.65. The molecule has 116 valence electrons. The Morgan fingerprint density at radius 2 is 1.82 bits per heavy atom. The van der Waals surface area contributed by atoms with E-state index in [0.717, 1.165) is 6.42 Å². The van der Waals surface area contributed by atoms with Gasteiger partial charge >= 0.3 is 12.1 Å². The summed E-state index contributed by atoms with van der Waals surface area (Å²) >= 11 is 6.12. The molecule has 1 aliphatic rings. The van der Waals surface area contributed by atoms with Gasteiger partial charge in [-0.3, -0.25) is 0 Å². The fourth-order valence-corrected chi connectivity index (χ4v) is 3.27. The Morgan fingerprint density at radius 1 is 1.18 bits per heavy atom. The molecule has 0 fully saturated rings. The number of hydrogen-bond donors (Lipinski definition) is 1. The SMILES string of the molecule is O=C(O)c1ccc(Cl)c2c3c(c(C(F)(F)F)nc12)CCCC3. The van der Waals surface area contributed by atoms with Gasteiger partial charge in [0.1, 0.15) is 5.69 Å². The van der Waals surface area contributed by atoms with Crippen LogP contribution in [0.1, 0.15) is 40.0 Å². The van der Waals surface area contributed by atoms with Crippen LogP contribution in [-0.2, 0) is 19.0 Å². The Morgan fingerprint density at radius 3 is 2.41 bits per heavy atom. The van der Waals surface area contributed by atoms with Crippen LogP contribution < -0.4 is 0 Å². The monoisotopic (exact) mass is 329 g/mol. The molecule has 0 bridgehead atoms. The number of halogens is 4. The van der Waals surface area contributed by atoms with Crippen molar-refractivity contribution in [2.24, 2.45) is 0 Å². The fourth-order valence-electron chi connectivity index (χ4n) is 3.00. The van der Waals surface area contributed by atoms with E-state index in [1.807, 2.05) is 0 Å². The Hall–Kier alpha value is -1.82. The van der Waals surface area contributed by atoms with Gasteiger partial charge in [-0.05, 0) is 48.9 Å². The van der Waals surface area contributed by atoms with Crippen LogP contribution in [-0.4, -0.2) is 16.1 Å². The lowest BCUT2D eigenvalue weighted by molar-refractivity contribution is -0.141. The summed E-state index contributed by atoms with van der Waals surface area (Å²) in [6.07, 6.45) is -2.49. The van der Waals surface area contributed by atoms with Crippen molar-refractivity contribution in [3.8, 4) is 0 Å². The number of hydrogen-bond acceptors (Lipinski definition) is 2. The molecule has 22 heavy (non-hydrogen) atoms. The summed E-state index contributed by atoms with van der Waals surface area (Å²) in [5, 5.41) is 9.78. The minimum Gasteiger partial charge on any atom is -0.478 e. The number of alkyl halides is 3. The summed E-state index contributed by atoms with van der Waals surface area (Å²) in [5.41, 5.74) is -0.807. The normalized spacial score (nSPS) is 14.9. The van der Waals surface area contributed by atoms with Gasteiger partial charge < -0.3 is 5.11 Å². The van der Waals surface area contributed by atoms with Crippen molar-refractivity contribution in [2.75, 3.05) is 0 Å². The van der Waals surface area contributed by atoms with Crippen LogP contribution in [0.3, 0.4) is 0 Å². The highest BCUT2D eigenvalue weighted by atomic mass is 35.5. The summed E-state index contributed by atoms with van der Waals surface area (Å²) in [6.45, 7) is 0. The van der Waals surface area contributed by atoms with Gasteiger partial charge in [0.25, 0.3) is 0 Å². The van der Waals surface area contributed by atoms with Crippen molar-refractivity contribution >= 4 is 28.5 Å². The van der Waals surface area contributed by atoms with Gasteiger partial charge in [-0.15, -0.1) is 0 Å². The first-order valence-electron chi connectivity index (χ1n) is 6.75.